The Kier molecular flexibility index (Phi) is 8.68. The molecular weight excluding hydrogens is 770 g/mol. The third-order valence-corrected chi connectivity index (χ3v) is 8.99. The predicted molar refractivity (Wildman–Crippen MR) is 195 cm³/mol. The molecule has 0 aliphatic carbocycles. The average molecular weight is 810 g/mol. The second-order valence-corrected chi connectivity index (χ2v) is 14.6. The summed E-state index contributed by atoms with van der Waals surface area (Å²) in [7, 11) is 0. The molecule has 244 valence electrons. The van der Waals surface area contributed by atoms with Crippen LogP contribution in [-0.4, -0.2) is 19.6 Å². The first-order chi connectivity index (χ1) is 22.4. The molecular formula is C43H40N3OPt-. The fourth-order valence-corrected chi connectivity index (χ4v) is 6.41. The quantitative estimate of drug-likeness (QED) is 0.180. The number of aromatic hydroxyl groups is 1. The Bertz CT molecular complexity index is 2300. The van der Waals surface area contributed by atoms with Crippen LogP contribution in [0.3, 0.4) is 0 Å². The summed E-state index contributed by atoms with van der Waals surface area (Å²) in [6, 6.07) is 39.3. The van der Waals surface area contributed by atoms with E-state index >= 15 is 0 Å². The number of para-hydroxylation sites is 1. The molecule has 5 aromatic carbocycles. The van der Waals surface area contributed by atoms with Crippen molar-refractivity contribution in [2.24, 2.45) is 0 Å². The Labute approximate surface area is 297 Å². The van der Waals surface area contributed by atoms with Crippen molar-refractivity contribution in [2.45, 2.75) is 59.3 Å². The third kappa shape index (κ3) is 5.99. The van der Waals surface area contributed by atoms with E-state index in [2.05, 4.69) is 161 Å². The van der Waals surface area contributed by atoms with Gasteiger partial charge in [0.2, 0.25) is 0 Å². The second kappa shape index (κ2) is 12.5. The van der Waals surface area contributed by atoms with Gasteiger partial charge in [-0.2, -0.15) is 0 Å². The first-order valence-corrected chi connectivity index (χ1v) is 16.2. The van der Waals surface area contributed by atoms with E-state index in [1.165, 1.54) is 0 Å². The van der Waals surface area contributed by atoms with Gasteiger partial charge in [-0.3, -0.25) is 9.55 Å². The van der Waals surface area contributed by atoms with Crippen molar-refractivity contribution < 1.29 is 26.2 Å². The molecule has 0 saturated heterocycles. The molecule has 0 fully saturated rings. The molecule has 0 atom stereocenters. The van der Waals surface area contributed by atoms with E-state index in [9.17, 15) is 5.11 Å². The minimum atomic E-state index is -0.277. The molecule has 7 aromatic rings. The van der Waals surface area contributed by atoms with Crippen molar-refractivity contribution in [1.82, 2.24) is 14.5 Å². The number of phenols is 1. The van der Waals surface area contributed by atoms with Crippen molar-refractivity contribution in [2.75, 3.05) is 0 Å². The van der Waals surface area contributed by atoms with Gasteiger partial charge in [-0.25, -0.2) is 4.98 Å². The van der Waals surface area contributed by atoms with E-state index in [1.54, 1.807) is 0 Å². The summed E-state index contributed by atoms with van der Waals surface area (Å²) in [6.45, 7) is 15.2. The van der Waals surface area contributed by atoms with Crippen LogP contribution in [0.15, 0.2) is 109 Å². The molecule has 4 nitrogen and oxygen atoms in total. The van der Waals surface area contributed by atoms with Crippen LogP contribution in [-0.2, 0) is 31.9 Å². The number of imidazole rings is 1. The zero-order valence-corrected chi connectivity index (χ0v) is 30.8. The van der Waals surface area contributed by atoms with Crippen molar-refractivity contribution in [3.05, 3.63) is 132 Å². The molecule has 0 spiro atoms. The Morgan fingerprint density at radius 3 is 2.17 bits per heavy atom. The molecule has 2 aromatic heterocycles. The maximum atomic E-state index is 12.1. The van der Waals surface area contributed by atoms with Crippen LogP contribution < -0.4 is 0 Å². The molecule has 2 heterocycles. The molecule has 0 amide bonds. The van der Waals surface area contributed by atoms with E-state index in [4.69, 9.17) is 4.98 Å². The molecule has 7 rings (SSSR count). The number of hydrogen-bond donors (Lipinski definition) is 1. The maximum absolute atomic E-state index is 12.1. The first-order valence-electron chi connectivity index (χ1n) is 16.2. The SMILES string of the molecule is Cc1ccnc(-c2[c-]c(-c3cccc4c3nc(-c3cc(C(C)(C)C)cc(C(C)(C)C)c3O)n4-c3cccc4ccccc34)ccc2)c1.[Pt]. The molecule has 48 heavy (non-hydrogen) atoms. The van der Waals surface area contributed by atoms with Crippen LogP contribution in [0.4, 0.5) is 0 Å². The number of rotatable bonds is 4. The van der Waals surface area contributed by atoms with E-state index in [0.29, 0.717) is 5.82 Å². The summed E-state index contributed by atoms with van der Waals surface area (Å²) in [5, 5.41) is 14.3. The molecule has 0 radical (unpaired) electrons. The van der Waals surface area contributed by atoms with E-state index < -0.39 is 0 Å². The minimum absolute atomic E-state index is 0. The summed E-state index contributed by atoms with van der Waals surface area (Å²) in [5.41, 5.74) is 10.1. The average Bonchev–Trinajstić information content (AvgIpc) is 3.43. The molecule has 0 aliphatic rings. The van der Waals surface area contributed by atoms with Crippen LogP contribution >= 0.6 is 0 Å². The standard InChI is InChI=1S/C43H40N3O.Pt/c1-27-21-22-44-36(23-27)30-16-10-15-29(24-30)33-18-12-20-38-39(33)45-41(46(38)37-19-11-14-28-13-8-9-17-32(28)37)34-25-31(42(2,3)4)26-35(40(34)47)43(5,6)7;/h8-23,25-26,47H,1-7H3;/q-1;. The molecule has 1 N–H and O–H groups in total. The fraction of sp³-hybridized carbons (Fsp3) is 0.209. The number of pyridine rings is 1. The normalized spacial score (nSPS) is 12.0. The zero-order valence-electron chi connectivity index (χ0n) is 28.5. The Hall–Kier alpha value is -4.53. The van der Waals surface area contributed by atoms with Crippen molar-refractivity contribution in [3.8, 4) is 45.2 Å². The Morgan fingerprint density at radius 2 is 1.42 bits per heavy atom. The summed E-state index contributed by atoms with van der Waals surface area (Å²) < 4.78 is 2.22. The molecule has 0 unspecified atom stereocenters. The van der Waals surface area contributed by atoms with Gasteiger partial charge in [-0.15, -0.1) is 29.8 Å². The zero-order chi connectivity index (χ0) is 33.1. The Balaban J connectivity index is 0.00000401. The number of benzene rings is 5. The van der Waals surface area contributed by atoms with Crippen LogP contribution in [0.1, 0.15) is 58.2 Å². The summed E-state index contributed by atoms with van der Waals surface area (Å²) in [5.74, 6) is 0.970. The van der Waals surface area contributed by atoms with E-state index in [-0.39, 0.29) is 37.6 Å². The van der Waals surface area contributed by atoms with Crippen molar-refractivity contribution in [1.29, 1.82) is 0 Å². The number of fused-ring (bicyclic) bond motifs is 2. The van der Waals surface area contributed by atoms with Gasteiger partial charge in [0, 0.05) is 43.9 Å². The van der Waals surface area contributed by atoms with Crippen molar-refractivity contribution >= 4 is 21.8 Å². The predicted octanol–water partition coefficient (Wildman–Crippen LogP) is 11.0. The number of nitrogens with zero attached hydrogens (tertiary/aromatic N) is 3. The number of aryl methyl sites for hydroxylation is 1. The second-order valence-electron chi connectivity index (χ2n) is 14.6. The minimum Gasteiger partial charge on any atom is -0.507 e. The molecule has 0 bridgehead atoms. The Morgan fingerprint density at radius 1 is 0.708 bits per heavy atom. The number of hydrogen-bond acceptors (Lipinski definition) is 3. The van der Waals surface area contributed by atoms with Gasteiger partial charge in [0.15, 0.2) is 0 Å². The van der Waals surface area contributed by atoms with Crippen LogP contribution in [0, 0.1) is 13.0 Å². The summed E-state index contributed by atoms with van der Waals surface area (Å²) in [4.78, 5) is 10.1. The van der Waals surface area contributed by atoms with Gasteiger partial charge in [0.25, 0.3) is 0 Å². The maximum Gasteiger partial charge on any atom is 0.148 e. The van der Waals surface area contributed by atoms with Gasteiger partial charge >= 0.3 is 0 Å². The van der Waals surface area contributed by atoms with Crippen LogP contribution in [0.5, 0.6) is 5.75 Å². The topological polar surface area (TPSA) is 50.9 Å². The number of aromatic nitrogens is 3. The number of phenolic OH excluding ortho intramolecular Hbond substituents is 1. The van der Waals surface area contributed by atoms with Crippen LogP contribution in [0.2, 0.25) is 0 Å². The fourth-order valence-electron chi connectivity index (χ4n) is 6.41. The third-order valence-electron chi connectivity index (χ3n) is 8.99. The van der Waals surface area contributed by atoms with Gasteiger partial charge < -0.3 is 5.11 Å². The van der Waals surface area contributed by atoms with Crippen LogP contribution in [0.25, 0.3) is 61.3 Å². The molecule has 5 heteroatoms. The summed E-state index contributed by atoms with van der Waals surface area (Å²) >= 11 is 0. The van der Waals surface area contributed by atoms with Gasteiger partial charge in [0.1, 0.15) is 11.6 Å². The molecule has 0 saturated carbocycles. The first kappa shape index (κ1) is 33.4. The smallest absolute Gasteiger partial charge is 0.148 e. The summed E-state index contributed by atoms with van der Waals surface area (Å²) in [6.07, 6.45) is 1.84. The molecule has 0 aliphatic heterocycles. The van der Waals surface area contributed by atoms with Gasteiger partial charge in [0.05, 0.1) is 22.3 Å². The van der Waals surface area contributed by atoms with Crippen molar-refractivity contribution in [3.63, 3.8) is 0 Å². The van der Waals surface area contributed by atoms with E-state index in [0.717, 1.165) is 72.1 Å². The van der Waals surface area contributed by atoms with Gasteiger partial charge in [-0.05, 0) is 53.0 Å². The monoisotopic (exact) mass is 809 g/mol. The largest absolute Gasteiger partial charge is 0.507 e. The van der Waals surface area contributed by atoms with E-state index in [1.807, 2.05) is 12.3 Å². The van der Waals surface area contributed by atoms with Gasteiger partial charge in [-0.1, -0.05) is 119 Å².